The number of aromatic nitrogens is 2. The van der Waals surface area contributed by atoms with Gasteiger partial charge in [-0.1, -0.05) is 24.3 Å². The Bertz CT molecular complexity index is 1200. The van der Waals surface area contributed by atoms with Crippen molar-refractivity contribution in [2.45, 2.75) is 45.6 Å². The van der Waals surface area contributed by atoms with E-state index in [9.17, 15) is 9.59 Å². The van der Waals surface area contributed by atoms with Crippen molar-refractivity contribution in [3.8, 4) is 0 Å². The third-order valence-electron chi connectivity index (χ3n) is 6.86. The fourth-order valence-corrected chi connectivity index (χ4v) is 5.16. The normalized spacial score (nSPS) is 17.5. The van der Waals surface area contributed by atoms with Crippen LogP contribution < -0.4 is 10.6 Å². The molecule has 35 heavy (non-hydrogen) atoms. The van der Waals surface area contributed by atoms with Crippen LogP contribution >= 0.6 is 0 Å². The molecular formula is C28H31N5O2. The molecule has 7 heteroatoms. The summed E-state index contributed by atoms with van der Waals surface area (Å²) in [6, 6.07) is 18.2. The molecule has 3 aromatic rings. The maximum absolute atomic E-state index is 12.9. The molecule has 1 aromatic heterocycles. The lowest BCUT2D eigenvalue weighted by Crippen LogP contribution is -2.38. The van der Waals surface area contributed by atoms with E-state index in [1.165, 1.54) is 11.1 Å². The molecule has 7 nitrogen and oxygen atoms in total. The van der Waals surface area contributed by atoms with Crippen LogP contribution in [0.1, 0.15) is 34.8 Å². The quantitative estimate of drug-likeness (QED) is 0.551. The average Bonchev–Trinajstić information content (AvgIpc) is 3.43. The Kier molecular flexibility index (Phi) is 6.49. The van der Waals surface area contributed by atoms with E-state index in [1.54, 1.807) is 0 Å². The first-order chi connectivity index (χ1) is 16.9. The van der Waals surface area contributed by atoms with E-state index in [0.717, 1.165) is 54.4 Å². The number of nitrogens with zero attached hydrogens (tertiary/aromatic N) is 3. The van der Waals surface area contributed by atoms with Gasteiger partial charge in [0.05, 0.1) is 5.92 Å². The van der Waals surface area contributed by atoms with Crippen LogP contribution in [0.5, 0.6) is 0 Å². The molecule has 0 bridgehead atoms. The summed E-state index contributed by atoms with van der Waals surface area (Å²) in [7, 11) is 0. The summed E-state index contributed by atoms with van der Waals surface area (Å²) in [4.78, 5) is 36.4. The Balaban J connectivity index is 1.11. The van der Waals surface area contributed by atoms with Crippen molar-refractivity contribution < 1.29 is 9.59 Å². The summed E-state index contributed by atoms with van der Waals surface area (Å²) in [6.07, 6.45) is 2.76. The molecule has 0 saturated carbocycles. The summed E-state index contributed by atoms with van der Waals surface area (Å²) in [5.74, 6) is 0.502. The molecule has 2 aromatic carbocycles. The Morgan fingerprint density at radius 1 is 0.943 bits per heavy atom. The standard InChI is InChI=1S/C28H31N5O2/c1-18-13-19(2)31-26(30-18)11-12-29-23-7-9-24(10-8-23)32-28(35)22-16-27(34)33(17-22)25-14-20-5-3-4-6-21(20)15-25/h3-10,13,22,25,29H,11-12,14-17H2,1-2H3,(H,32,35). The Hall–Kier alpha value is -3.74. The van der Waals surface area contributed by atoms with E-state index >= 15 is 0 Å². The molecule has 1 atom stereocenters. The number of amides is 2. The lowest BCUT2D eigenvalue weighted by Gasteiger charge is -2.24. The molecule has 0 spiro atoms. The fraction of sp³-hybridized carbons (Fsp3) is 0.357. The zero-order chi connectivity index (χ0) is 24.4. The van der Waals surface area contributed by atoms with E-state index in [2.05, 4.69) is 32.7 Å². The molecule has 180 valence electrons. The van der Waals surface area contributed by atoms with Crippen molar-refractivity contribution in [2.75, 3.05) is 23.7 Å². The number of rotatable bonds is 7. The fourth-order valence-electron chi connectivity index (χ4n) is 5.16. The first-order valence-electron chi connectivity index (χ1n) is 12.3. The largest absolute Gasteiger partial charge is 0.385 e. The van der Waals surface area contributed by atoms with Gasteiger partial charge in [0.25, 0.3) is 0 Å². The van der Waals surface area contributed by atoms with Crippen molar-refractivity contribution in [1.82, 2.24) is 14.9 Å². The van der Waals surface area contributed by atoms with Gasteiger partial charge >= 0.3 is 0 Å². The van der Waals surface area contributed by atoms with Crippen LogP contribution in [0.3, 0.4) is 0 Å². The second kappa shape index (κ2) is 9.86. The van der Waals surface area contributed by atoms with Gasteiger partial charge in [-0.05, 0) is 68.1 Å². The first kappa shape index (κ1) is 23.0. The number of hydrogen-bond donors (Lipinski definition) is 2. The molecule has 2 amide bonds. The molecule has 2 aliphatic rings. The number of benzene rings is 2. The van der Waals surface area contributed by atoms with Gasteiger partial charge in [0.1, 0.15) is 5.82 Å². The minimum atomic E-state index is -0.318. The Morgan fingerprint density at radius 2 is 1.57 bits per heavy atom. The van der Waals surface area contributed by atoms with Crippen molar-refractivity contribution in [2.24, 2.45) is 5.92 Å². The van der Waals surface area contributed by atoms with Crippen molar-refractivity contribution in [3.05, 3.63) is 82.9 Å². The minimum Gasteiger partial charge on any atom is -0.385 e. The van der Waals surface area contributed by atoms with E-state index in [1.807, 2.05) is 61.2 Å². The van der Waals surface area contributed by atoms with Crippen LogP contribution in [0.25, 0.3) is 0 Å². The van der Waals surface area contributed by atoms with E-state index in [0.29, 0.717) is 6.54 Å². The molecule has 1 saturated heterocycles. The number of carbonyl (C=O) groups is 2. The van der Waals surface area contributed by atoms with Gasteiger partial charge in [-0.15, -0.1) is 0 Å². The predicted molar refractivity (Wildman–Crippen MR) is 136 cm³/mol. The van der Waals surface area contributed by atoms with E-state index in [4.69, 9.17) is 0 Å². The highest BCUT2D eigenvalue weighted by molar-refractivity contribution is 5.97. The van der Waals surface area contributed by atoms with Gasteiger partial charge in [-0.3, -0.25) is 9.59 Å². The molecule has 2 heterocycles. The number of likely N-dealkylation sites (tertiary alicyclic amines) is 1. The van der Waals surface area contributed by atoms with Crippen LogP contribution in [-0.4, -0.2) is 45.8 Å². The number of hydrogen-bond acceptors (Lipinski definition) is 5. The van der Waals surface area contributed by atoms with Crippen molar-refractivity contribution in [1.29, 1.82) is 0 Å². The highest BCUT2D eigenvalue weighted by Gasteiger charge is 2.39. The zero-order valence-electron chi connectivity index (χ0n) is 20.3. The van der Waals surface area contributed by atoms with Crippen LogP contribution in [0, 0.1) is 19.8 Å². The molecule has 1 aliphatic carbocycles. The lowest BCUT2D eigenvalue weighted by atomic mass is 10.1. The van der Waals surface area contributed by atoms with Crippen LogP contribution in [-0.2, 0) is 28.9 Å². The summed E-state index contributed by atoms with van der Waals surface area (Å²) < 4.78 is 0. The van der Waals surface area contributed by atoms with Crippen LogP contribution in [0.2, 0.25) is 0 Å². The second-order valence-electron chi connectivity index (χ2n) is 9.59. The molecule has 2 N–H and O–H groups in total. The molecule has 0 radical (unpaired) electrons. The van der Waals surface area contributed by atoms with Crippen molar-refractivity contribution >= 4 is 23.2 Å². The van der Waals surface area contributed by atoms with Crippen LogP contribution in [0.4, 0.5) is 11.4 Å². The van der Waals surface area contributed by atoms with Gasteiger partial charge < -0.3 is 15.5 Å². The van der Waals surface area contributed by atoms with Crippen molar-refractivity contribution in [3.63, 3.8) is 0 Å². The molecule has 1 fully saturated rings. The van der Waals surface area contributed by atoms with Gasteiger partial charge in [0.2, 0.25) is 11.8 Å². The number of fused-ring (bicyclic) bond motifs is 1. The number of aryl methyl sites for hydroxylation is 2. The number of nitrogens with one attached hydrogen (secondary N) is 2. The smallest absolute Gasteiger partial charge is 0.229 e. The maximum Gasteiger partial charge on any atom is 0.229 e. The third-order valence-corrected chi connectivity index (χ3v) is 6.86. The monoisotopic (exact) mass is 469 g/mol. The van der Waals surface area contributed by atoms with Gasteiger partial charge in [0.15, 0.2) is 0 Å². The van der Waals surface area contributed by atoms with Gasteiger partial charge in [-0.2, -0.15) is 0 Å². The zero-order valence-corrected chi connectivity index (χ0v) is 20.3. The number of carbonyl (C=O) groups excluding carboxylic acids is 2. The Labute approximate surface area is 206 Å². The van der Waals surface area contributed by atoms with E-state index < -0.39 is 0 Å². The van der Waals surface area contributed by atoms with Crippen LogP contribution in [0.15, 0.2) is 54.6 Å². The topological polar surface area (TPSA) is 87.2 Å². The van der Waals surface area contributed by atoms with E-state index in [-0.39, 0.29) is 30.2 Å². The number of anilines is 2. The summed E-state index contributed by atoms with van der Waals surface area (Å²) in [5, 5.41) is 6.36. The summed E-state index contributed by atoms with van der Waals surface area (Å²) in [6.45, 7) is 5.17. The average molecular weight is 470 g/mol. The molecule has 1 unspecified atom stereocenters. The highest BCUT2D eigenvalue weighted by atomic mass is 16.2. The second-order valence-corrected chi connectivity index (χ2v) is 9.59. The maximum atomic E-state index is 12.9. The first-order valence-corrected chi connectivity index (χ1v) is 12.3. The SMILES string of the molecule is Cc1cc(C)nc(CCNc2ccc(NC(=O)C3CC(=O)N(C4Cc5ccccc5C4)C3)cc2)n1. The summed E-state index contributed by atoms with van der Waals surface area (Å²) >= 11 is 0. The van der Waals surface area contributed by atoms with Gasteiger partial charge in [-0.25, -0.2) is 9.97 Å². The molecule has 1 aliphatic heterocycles. The highest BCUT2D eigenvalue weighted by Crippen LogP contribution is 2.30. The predicted octanol–water partition coefficient (Wildman–Crippen LogP) is 3.70. The molecular weight excluding hydrogens is 438 g/mol. The Morgan fingerprint density at radius 3 is 2.23 bits per heavy atom. The molecule has 5 rings (SSSR count). The summed E-state index contributed by atoms with van der Waals surface area (Å²) in [5.41, 5.74) is 6.29. The lowest BCUT2D eigenvalue weighted by molar-refractivity contribution is -0.129. The third kappa shape index (κ3) is 5.34. The van der Waals surface area contributed by atoms with Gasteiger partial charge in [0, 0.05) is 54.7 Å². The minimum absolute atomic E-state index is 0.0790.